The number of esters is 1. The van der Waals surface area contributed by atoms with Crippen LogP contribution in [0.5, 0.6) is 0 Å². The Bertz CT molecular complexity index is 761. The Morgan fingerprint density at radius 3 is 2.62 bits per heavy atom. The molecular weight excluding hydrogens is 355 g/mol. The summed E-state index contributed by atoms with van der Waals surface area (Å²) in [6.07, 6.45) is 1.80. The van der Waals surface area contributed by atoms with Crippen molar-refractivity contribution in [3.63, 3.8) is 0 Å². The minimum Gasteiger partial charge on any atom is -0.449 e. The molecule has 2 aromatic heterocycles. The van der Waals surface area contributed by atoms with Crippen LogP contribution in [0.15, 0.2) is 24.5 Å². The van der Waals surface area contributed by atoms with Gasteiger partial charge >= 0.3 is 5.97 Å². The van der Waals surface area contributed by atoms with Crippen LogP contribution in [-0.4, -0.2) is 32.7 Å². The van der Waals surface area contributed by atoms with Gasteiger partial charge < -0.3 is 10.1 Å². The zero-order chi connectivity index (χ0) is 17.9. The van der Waals surface area contributed by atoms with Crippen LogP contribution in [0.4, 0.5) is 5.82 Å². The van der Waals surface area contributed by atoms with Gasteiger partial charge in [0.05, 0.1) is 16.8 Å². The third-order valence-electron chi connectivity index (χ3n) is 3.10. The van der Waals surface area contributed by atoms with E-state index in [2.05, 4.69) is 15.4 Å². The molecule has 0 saturated carbocycles. The zero-order valence-corrected chi connectivity index (χ0v) is 14.8. The molecule has 2 heterocycles. The first-order valence-corrected chi connectivity index (χ1v) is 7.91. The Morgan fingerprint density at radius 1 is 1.29 bits per heavy atom. The third kappa shape index (κ3) is 4.24. The first-order chi connectivity index (χ1) is 11.3. The molecule has 0 aromatic carbocycles. The lowest BCUT2D eigenvalue weighted by Crippen LogP contribution is -2.31. The van der Waals surface area contributed by atoms with E-state index in [4.69, 9.17) is 27.9 Å². The van der Waals surface area contributed by atoms with E-state index in [0.29, 0.717) is 5.82 Å². The van der Waals surface area contributed by atoms with E-state index in [1.807, 2.05) is 13.8 Å². The molecule has 7 nitrogen and oxygen atoms in total. The number of halogens is 2. The van der Waals surface area contributed by atoms with Crippen molar-refractivity contribution in [1.29, 1.82) is 0 Å². The lowest BCUT2D eigenvalue weighted by molar-refractivity contribution is -0.123. The molecule has 0 bridgehead atoms. The maximum atomic E-state index is 12.2. The van der Waals surface area contributed by atoms with Gasteiger partial charge in [-0.25, -0.2) is 14.5 Å². The highest BCUT2D eigenvalue weighted by atomic mass is 35.5. The van der Waals surface area contributed by atoms with E-state index in [0.717, 1.165) is 0 Å². The fraction of sp³-hybridized carbons (Fsp3) is 0.333. The molecule has 1 N–H and O–H groups in total. The second kappa shape index (κ2) is 7.63. The standard InChI is InChI=1S/C15H16Cl2N4O3/c1-8(2)21-12(4-5-19-21)20-14(22)9(3)24-15(23)10-6-11(16)13(17)18-7-10/h4-9H,1-3H3,(H,20,22)/t9-/m0/s1. The summed E-state index contributed by atoms with van der Waals surface area (Å²) in [6, 6.07) is 3.07. The molecular formula is C15H16Cl2N4O3. The van der Waals surface area contributed by atoms with Crippen molar-refractivity contribution in [1.82, 2.24) is 14.8 Å². The van der Waals surface area contributed by atoms with Crippen molar-refractivity contribution in [3.05, 3.63) is 40.3 Å². The third-order valence-corrected chi connectivity index (χ3v) is 3.78. The average Bonchev–Trinajstić information content (AvgIpc) is 2.98. The van der Waals surface area contributed by atoms with E-state index >= 15 is 0 Å². The zero-order valence-electron chi connectivity index (χ0n) is 13.3. The topological polar surface area (TPSA) is 86.1 Å². The number of hydrogen-bond donors (Lipinski definition) is 1. The Labute approximate surface area is 148 Å². The molecule has 0 aliphatic heterocycles. The van der Waals surface area contributed by atoms with Gasteiger partial charge in [-0.05, 0) is 26.8 Å². The van der Waals surface area contributed by atoms with E-state index < -0.39 is 18.0 Å². The minimum atomic E-state index is -1.01. The van der Waals surface area contributed by atoms with E-state index in [1.54, 1.807) is 16.9 Å². The fourth-order valence-corrected chi connectivity index (χ4v) is 2.14. The first kappa shape index (κ1) is 18.2. The Kier molecular flexibility index (Phi) is 5.80. The van der Waals surface area contributed by atoms with Gasteiger partial charge in [-0.15, -0.1) is 0 Å². The molecule has 0 fully saturated rings. The van der Waals surface area contributed by atoms with E-state index in [1.165, 1.54) is 19.2 Å². The number of hydrogen-bond acceptors (Lipinski definition) is 5. The normalized spacial score (nSPS) is 12.1. The molecule has 128 valence electrons. The van der Waals surface area contributed by atoms with Crippen molar-refractivity contribution in [2.45, 2.75) is 32.9 Å². The number of pyridine rings is 1. The summed E-state index contributed by atoms with van der Waals surface area (Å²) in [5, 5.41) is 7.00. The number of nitrogens with one attached hydrogen (secondary N) is 1. The Hall–Kier alpha value is -2.12. The molecule has 2 rings (SSSR count). The lowest BCUT2D eigenvalue weighted by Gasteiger charge is -2.15. The largest absolute Gasteiger partial charge is 0.449 e. The maximum absolute atomic E-state index is 12.2. The van der Waals surface area contributed by atoms with Crippen LogP contribution in [0.1, 0.15) is 37.2 Å². The summed E-state index contributed by atoms with van der Waals surface area (Å²) in [7, 11) is 0. The van der Waals surface area contributed by atoms with Gasteiger partial charge in [-0.2, -0.15) is 5.10 Å². The van der Waals surface area contributed by atoms with Crippen LogP contribution >= 0.6 is 23.2 Å². The maximum Gasteiger partial charge on any atom is 0.340 e. The molecule has 1 atom stereocenters. The molecule has 2 aromatic rings. The van der Waals surface area contributed by atoms with Gasteiger partial charge in [-0.3, -0.25) is 4.79 Å². The second-order valence-electron chi connectivity index (χ2n) is 5.29. The SMILES string of the molecule is CC(C)n1nccc1NC(=O)[C@H](C)OC(=O)c1cnc(Cl)c(Cl)c1. The van der Waals surface area contributed by atoms with Crippen molar-refractivity contribution in [2.24, 2.45) is 0 Å². The number of aromatic nitrogens is 3. The van der Waals surface area contributed by atoms with Crippen molar-refractivity contribution >= 4 is 40.9 Å². The summed E-state index contributed by atoms with van der Waals surface area (Å²) >= 11 is 11.5. The molecule has 0 aliphatic rings. The monoisotopic (exact) mass is 370 g/mol. The second-order valence-corrected chi connectivity index (χ2v) is 6.05. The molecule has 0 radical (unpaired) electrons. The number of rotatable bonds is 5. The van der Waals surface area contributed by atoms with E-state index in [-0.39, 0.29) is 21.8 Å². The summed E-state index contributed by atoms with van der Waals surface area (Å²) < 4.78 is 6.77. The van der Waals surface area contributed by atoms with Gasteiger partial charge in [0.2, 0.25) is 0 Å². The smallest absolute Gasteiger partial charge is 0.340 e. The highest BCUT2D eigenvalue weighted by Gasteiger charge is 2.21. The number of nitrogens with zero attached hydrogens (tertiary/aromatic N) is 3. The Balaban J connectivity index is 2.01. The summed E-state index contributed by atoms with van der Waals surface area (Å²) in [4.78, 5) is 28.0. The number of carbonyl (C=O) groups is 2. The summed E-state index contributed by atoms with van der Waals surface area (Å²) in [5.74, 6) is -0.672. The highest BCUT2D eigenvalue weighted by Crippen LogP contribution is 2.20. The number of anilines is 1. The first-order valence-electron chi connectivity index (χ1n) is 7.16. The van der Waals surface area contributed by atoms with Gasteiger partial charge in [0, 0.05) is 18.3 Å². The van der Waals surface area contributed by atoms with Crippen LogP contribution in [0, 0.1) is 0 Å². The fourth-order valence-electron chi connectivity index (χ4n) is 1.87. The quantitative estimate of drug-likeness (QED) is 0.644. The summed E-state index contributed by atoms with van der Waals surface area (Å²) in [6.45, 7) is 5.33. The van der Waals surface area contributed by atoms with Crippen LogP contribution < -0.4 is 5.32 Å². The lowest BCUT2D eigenvalue weighted by atomic mass is 10.3. The Morgan fingerprint density at radius 2 is 2.00 bits per heavy atom. The van der Waals surface area contributed by atoms with Gasteiger partial charge in [0.1, 0.15) is 11.0 Å². The van der Waals surface area contributed by atoms with Crippen LogP contribution in [0.25, 0.3) is 0 Å². The highest BCUT2D eigenvalue weighted by molar-refractivity contribution is 6.41. The number of carbonyl (C=O) groups excluding carboxylic acids is 2. The van der Waals surface area contributed by atoms with Crippen LogP contribution in [-0.2, 0) is 9.53 Å². The van der Waals surface area contributed by atoms with Gasteiger partial charge in [-0.1, -0.05) is 23.2 Å². The number of amides is 1. The molecule has 24 heavy (non-hydrogen) atoms. The van der Waals surface area contributed by atoms with Gasteiger partial charge in [0.15, 0.2) is 6.10 Å². The van der Waals surface area contributed by atoms with Crippen molar-refractivity contribution in [2.75, 3.05) is 5.32 Å². The molecule has 0 saturated heterocycles. The molecule has 0 spiro atoms. The van der Waals surface area contributed by atoms with Crippen LogP contribution in [0.2, 0.25) is 10.2 Å². The van der Waals surface area contributed by atoms with Crippen molar-refractivity contribution < 1.29 is 14.3 Å². The number of ether oxygens (including phenoxy) is 1. The van der Waals surface area contributed by atoms with E-state index in [9.17, 15) is 9.59 Å². The minimum absolute atomic E-state index is 0.0791. The van der Waals surface area contributed by atoms with Gasteiger partial charge in [0.25, 0.3) is 5.91 Å². The van der Waals surface area contributed by atoms with Crippen LogP contribution in [0.3, 0.4) is 0 Å². The molecule has 9 heteroatoms. The predicted octanol–water partition coefficient (Wildman–Crippen LogP) is 3.35. The van der Waals surface area contributed by atoms with Crippen molar-refractivity contribution in [3.8, 4) is 0 Å². The average molecular weight is 371 g/mol. The summed E-state index contributed by atoms with van der Waals surface area (Å²) in [5.41, 5.74) is 0.108. The molecule has 0 aliphatic carbocycles. The molecule has 1 amide bonds. The molecule has 0 unspecified atom stereocenters. The predicted molar refractivity (Wildman–Crippen MR) is 90.4 cm³/mol.